The first kappa shape index (κ1) is 10.8. The van der Waals surface area contributed by atoms with E-state index in [4.69, 9.17) is 17.3 Å². The molecule has 0 heterocycles. The number of nitrogens with one attached hydrogen (secondary N) is 1. The zero-order valence-electron chi connectivity index (χ0n) is 9.00. The molecule has 0 bridgehead atoms. The standard InChI is InChI=1S/C13H13ClN2/c1-9-3-2-4-11(7-9)16-13-6-5-10(15)8-12(13)14/h2-8,16H,15H2,1H3. The highest BCUT2D eigenvalue weighted by atomic mass is 35.5. The van der Waals surface area contributed by atoms with E-state index < -0.39 is 0 Å². The molecule has 2 aromatic carbocycles. The maximum atomic E-state index is 6.08. The molecular formula is C13H13ClN2. The van der Waals surface area contributed by atoms with Gasteiger partial charge < -0.3 is 11.1 Å². The number of anilines is 3. The second kappa shape index (κ2) is 4.45. The van der Waals surface area contributed by atoms with Gasteiger partial charge in [-0.2, -0.15) is 0 Å². The molecule has 0 aliphatic rings. The average Bonchev–Trinajstić information content (AvgIpc) is 2.22. The summed E-state index contributed by atoms with van der Waals surface area (Å²) >= 11 is 6.08. The van der Waals surface area contributed by atoms with Crippen LogP contribution in [0.15, 0.2) is 42.5 Å². The minimum atomic E-state index is 0.626. The highest BCUT2D eigenvalue weighted by molar-refractivity contribution is 6.33. The summed E-state index contributed by atoms with van der Waals surface area (Å²) < 4.78 is 0. The van der Waals surface area contributed by atoms with Crippen LogP contribution in [0.4, 0.5) is 17.1 Å². The molecule has 3 heteroatoms. The molecular weight excluding hydrogens is 220 g/mol. The Bertz CT molecular complexity index is 509. The Morgan fingerprint density at radius 2 is 1.94 bits per heavy atom. The summed E-state index contributed by atoms with van der Waals surface area (Å²) in [6.07, 6.45) is 0. The van der Waals surface area contributed by atoms with Crippen LogP contribution in [0.5, 0.6) is 0 Å². The molecule has 2 rings (SSSR count). The van der Waals surface area contributed by atoms with Gasteiger partial charge in [-0.15, -0.1) is 0 Å². The Kier molecular flexibility index (Phi) is 3.02. The lowest BCUT2D eigenvalue weighted by atomic mass is 10.2. The SMILES string of the molecule is Cc1cccc(Nc2ccc(N)cc2Cl)c1. The molecule has 16 heavy (non-hydrogen) atoms. The summed E-state index contributed by atoms with van der Waals surface area (Å²) in [5, 5.41) is 3.88. The summed E-state index contributed by atoms with van der Waals surface area (Å²) in [6.45, 7) is 2.05. The van der Waals surface area contributed by atoms with Crippen LogP contribution >= 0.6 is 11.6 Å². The van der Waals surface area contributed by atoms with E-state index in [0.29, 0.717) is 10.7 Å². The van der Waals surface area contributed by atoms with E-state index >= 15 is 0 Å². The van der Waals surface area contributed by atoms with E-state index in [0.717, 1.165) is 11.4 Å². The van der Waals surface area contributed by atoms with Crippen molar-refractivity contribution >= 4 is 28.7 Å². The quantitative estimate of drug-likeness (QED) is 0.769. The van der Waals surface area contributed by atoms with Crippen molar-refractivity contribution in [1.29, 1.82) is 0 Å². The van der Waals surface area contributed by atoms with Gasteiger partial charge in [-0.25, -0.2) is 0 Å². The predicted molar refractivity (Wildman–Crippen MR) is 70.3 cm³/mol. The fourth-order valence-electron chi connectivity index (χ4n) is 1.51. The van der Waals surface area contributed by atoms with Gasteiger partial charge in [0, 0.05) is 11.4 Å². The Morgan fingerprint density at radius 3 is 2.62 bits per heavy atom. The third-order valence-electron chi connectivity index (χ3n) is 2.29. The molecule has 0 amide bonds. The number of benzene rings is 2. The van der Waals surface area contributed by atoms with Crippen molar-refractivity contribution < 1.29 is 0 Å². The third-order valence-corrected chi connectivity index (χ3v) is 2.60. The maximum Gasteiger partial charge on any atom is 0.0661 e. The van der Waals surface area contributed by atoms with Crippen molar-refractivity contribution in [3.05, 3.63) is 53.1 Å². The molecule has 82 valence electrons. The van der Waals surface area contributed by atoms with Crippen LogP contribution in [0.2, 0.25) is 5.02 Å². The number of halogens is 1. The summed E-state index contributed by atoms with van der Waals surface area (Å²) in [5.41, 5.74) is 9.39. The van der Waals surface area contributed by atoms with E-state index in [9.17, 15) is 0 Å². The number of hydrogen-bond donors (Lipinski definition) is 2. The second-order valence-corrected chi connectivity index (χ2v) is 4.14. The van der Waals surface area contributed by atoms with Crippen LogP contribution in [0.1, 0.15) is 5.56 Å². The molecule has 0 saturated carbocycles. The molecule has 0 atom stereocenters. The van der Waals surface area contributed by atoms with Gasteiger partial charge in [-0.05, 0) is 42.8 Å². The van der Waals surface area contributed by atoms with Gasteiger partial charge in [0.1, 0.15) is 0 Å². The first-order valence-electron chi connectivity index (χ1n) is 5.04. The maximum absolute atomic E-state index is 6.08. The molecule has 2 aromatic rings. The van der Waals surface area contributed by atoms with Gasteiger partial charge >= 0.3 is 0 Å². The molecule has 0 fully saturated rings. The fraction of sp³-hybridized carbons (Fsp3) is 0.0769. The van der Waals surface area contributed by atoms with Crippen molar-refractivity contribution in [1.82, 2.24) is 0 Å². The Hall–Kier alpha value is -1.67. The first-order chi connectivity index (χ1) is 7.65. The minimum Gasteiger partial charge on any atom is -0.399 e. The first-order valence-corrected chi connectivity index (χ1v) is 5.42. The number of hydrogen-bond acceptors (Lipinski definition) is 2. The van der Waals surface area contributed by atoms with Gasteiger partial charge in [-0.3, -0.25) is 0 Å². The fourth-order valence-corrected chi connectivity index (χ4v) is 1.75. The Balaban J connectivity index is 2.27. The van der Waals surface area contributed by atoms with Crippen molar-refractivity contribution in [3.63, 3.8) is 0 Å². The summed E-state index contributed by atoms with van der Waals surface area (Å²) in [5.74, 6) is 0. The zero-order chi connectivity index (χ0) is 11.5. The molecule has 0 aliphatic carbocycles. The predicted octanol–water partition coefficient (Wildman–Crippen LogP) is 3.97. The lowest BCUT2D eigenvalue weighted by Gasteiger charge is -2.09. The topological polar surface area (TPSA) is 38.0 Å². The van der Waals surface area contributed by atoms with Crippen molar-refractivity contribution in [2.24, 2.45) is 0 Å². The normalized spacial score (nSPS) is 10.1. The number of nitrogen functional groups attached to an aromatic ring is 1. The van der Waals surface area contributed by atoms with Crippen molar-refractivity contribution in [2.75, 3.05) is 11.1 Å². The van der Waals surface area contributed by atoms with Gasteiger partial charge in [0.15, 0.2) is 0 Å². The van der Waals surface area contributed by atoms with Crippen LogP contribution in [0.25, 0.3) is 0 Å². The minimum absolute atomic E-state index is 0.626. The Labute approximate surface area is 100 Å². The van der Waals surface area contributed by atoms with E-state index in [1.807, 2.05) is 24.3 Å². The van der Waals surface area contributed by atoms with E-state index in [2.05, 4.69) is 24.4 Å². The smallest absolute Gasteiger partial charge is 0.0661 e. The lowest BCUT2D eigenvalue weighted by molar-refractivity contribution is 1.45. The molecule has 0 radical (unpaired) electrons. The number of aryl methyl sites for hydroxylation is 1. The molecule has 2 nitrogen and oxygen atoms in total. The zero-order valence-corrected chi connectivity index (χ0v) is 9.75. The second-order valence-electron chi connectivity index (χ2n) is 3.73. The van der Waals surface area contributed by atoms with Crippen LogP contribution in [0, 0.1) is 6.92 Å². The lowest BCUT2D eigenvalue weighted by Crippen LogP contribution is -1.93. The number of nitrogens with two attached hydrogens (primary N) is 1. The van der Waals surface area contributed by atoms with Crippen LogP contribution in [0.3, 0.4) is 0 Å². The molecule has 0 spiro atoms. The van der Waals surface area contributed by atoms with Gasteiger partial charge in [0.2, 0.25) is 0 Å². The summed E-state index contributed by atoms with van der Waals surface area (Å²) in [4.78, 5) is 0. The van der Waals surface area contributed by atoms with E-state index in [1.165, 1.54) is 5.56 Å². The highest BCUT2D eigenvalue weighted by Crippen LogP contribution is 2.27. The van der Waals surface area contributed by atoms with Crippen LogP contribution < -0.4 is 11.1 Å². The average molecular weight is 233 g/mol. The van der Waals surface area contributed by atoms with E-state index in [1.54, 1.807) is 6.07 Å². The van der Waals surface area contributed by atoms with Crippen molar-refractivity contribution in [3.8, 4) is 0 Å². The molecule has 0 saturated heterocycles. The van der Waals surface area contributed by atoms with Gasteiger partial charge in [-0.1, -0.05) is 23.7 Å². The van der Waals surface area contributed by atoms with Gasteiger partial charge in [0.25, 0.3) is 0 Å². The largest absolute Gasteiger partial charge is 0.399 e. The molecule has 3 N–H and O–H groups in total. The monoisotopic (exact) mass is 232 g/mol. The Morgan fingerprint density at radius 1 is 1.12 bits per heavy atom. The summed E-state index contributed by atoms with van der Waals surface area (Å²) in [6, 6.07) is 13.6. The summed E-state index contributed by atoms with van der Waals surface area (Å²) in [7, 11) is 0. The van der Waals surface area contributed by atoms with Gasteiger partial charge in [0.05, 0.1) is 10.7 Å². The number of rotatable bonds is 2. The van der Waals surface area contributed by atoms with E-state index in [-0.39, 0.29) is 0 Å². The highest BCUT2D eigenvalue weighted by Gasteiger charge is 2.00. The molecule has 0 unspecified atom stereocenters. The molecule has 0 aliphatic heterocycles. The third kappa shape index (κ3) is 2.47. The molecule has 0 aromatic heterocycles. The van der Waals surface area contributed by atoms with Crippen LogP contribution in [-0.4, -0.2) is 0 Å². The van der Waals surface area contributed by atoms with Crippen molar-refractivity contribution in [2.45, 2.75) is 6.92 Å². The van der Waals surface area contributed by atoms with Crippen LogP contribution in [-0.2, 0) is 0 Å².